The van der Waals surface area contributed by atoms with Crippen LogP contribution < -0.4 is 5.32 Å². The van der Waals surface area contributed by atoms with E-state index in [0.717, 1.165) is 11.5 Å². The molecule has 0 radical (unpaired) electrons. The Bertz CT molecular complexity index is 644. The molecule has 2 rings (SSSR count). The van der Waals surface area contributed by atoms with Crippen molar-refractivity contribution in [2.45, 2.75) is 18.4 Å². The largest absolute Gasteiger partial charge is 0.465 e. The quantitative estimate of drug-likeness (QED) is 0.923. The highest BCUT2D eigenvalue weighted by Crippen LogP contribution is 2.21. The molecule has 1 heterocycles. The lowest BCUT2D eigenvalue weighted by molar-refractivity contribution is 0.490. The molecule has 0 atom stereocenters. The van der Waals surface area contributed by atoms with Gasteiger partial charge in [-0.2, -0.15) is 0 Å². The van der Waals surface area contributed by atoms with Crippen LogP contribution in [0.2, 0.25) is 0 Å². The maximum Gasteiger partial charge on any atom is 0.177 e. The Kier molecular flexibility index (Phi) is 3.43. The molecule has 5 heteroatoms. The number of hydrogen-bond donors (Lipinski definition) is 1. The first-order chi connectivity index (χ1) is 8.47. The minimum atomic E-state index is -3.23. The Labute approximate surface area is 107 Å². The molecule has 2 aromatic rings. The highest BCUT2D eigenvalue weighted by molar-refractivity contribution is 7.90. The van der Waals surface area contributed by atoms with Crippen LogP contribution in [-0.2, 0) is 16.4 Å². The van der Waals surface area contributed by atoms with Crippen LogP contribution in [-0.4, -0.2) is 14.7 Å². The average Bonchev–Trinajstić information content (AvgIpc) is 2.72. The number of benzene rings is 1. The molecule has 0 unspecified atom stereocenters. The Morgan fingerprint density at radius 1 is 1.17 bits per heavy atom. The van der Waals surface area contributed by atoms with Gasteiger partial charge >= 0.3 is 0 Å². The van der Waals surface area contributed by atoms with Crippen LogP contribution in [0.5, 0.6) is 0 Å². The van der Waals surface area contributed by atoms with Crippen LogP contribution in [0.3, 0.4) is 0 Å². The van der Waals surface area contributed by atoms with Crippen LogP contribution in [0.25, 0.3) is 0 Å². The maximum absolute atomic E-state index is 11.6. The number of anilines is 1. The molecule has 0 fully saturated rings. The normalized spacial score (nSPS) is 11.4. The monoisotopic (exact) mass is 265 g/mol. The van der Waals surface area contributed by atoms with E-state index in [1.165, 1.54) is 6.26 Å². The average molecular weight is 265 g/mol. The molecule has 0 aliphatic heterocycles. The first-order valence-electron chi connectivity index (χ1n) is 5.55. The highest BCUT2D eigenvalue weighted by Gasteiger charge is 2.12. The van der Waals surface area contributed by atoms with Crippen LogP contribution in [0.15, 0.2) is 45.7 Å². The molecule has 0 spiro atoms. The maximum atomic E-state index is 11.6. The molecule has 0 aliphatic carbocycles. The zero-order chi connectivity index (χ0) is 13.2. The number of furan rings is 1. The van der Waals surface area contributed by atoms with Gasteiger partial charge in [0.05, 0.1) is 17.1 Å². The van der Waals surface area contributed by atoms with E-state index in [1.807, 2.05) is 19.1 Å². The van der Waals surface area contributed by atoms with Crippen molar-refractivity contribution in [1.29, 1.82) is 0 Å². The molecule has 1 aromatic carbocycles. The van der Waals surface area contributed by atoms with Gasteiger partial charge in [0.1, 0.15) is 11.5 Å². The number of aryl methyl sites for hydroxylation is 1. The van der Waals surface area contributed by atoms with Crippen LogP contribution in [0, 0.1) is 6.92 Å². The zero-order valence-corrected chi connectivity index (χ0v) is 11.1. The second-order valence-electron chi connectivity index (χ2n) is 4.13. The van der Waals surface area contributed by atoms with Crippen molar-refractivity contribution in [2.24, 2.45) is 0 Å². The predicted octanol–water partition coefficient (Wildman–Crippen LogP) is 2.60. The second kappa shape index (κ2) is 4.86. The number of para-hydroxylation sites is 1. The third kappa shape index (κ3) is 2.92. The SMILES string of the molecule is Cc1ccc(CNc2ccccc2S(C)(=O)=O)o1. The van der Waals surface area contributed by atoms with E-state index in [9.17, 15) is 8.42 Å². The van der Waals surface area contributed by atoms with Gasteiger partial charge in [-0.3, -0.25) is 0 Å². The van der Waals surface area contributed by atoms with E-state index in [0.29, 0.717) is 17.1 Å². The van der Waals surface area contributed by atoms with Gasteiger partial charge in [-0.05, 0) is 31.2 Å². The molecule has 0 saturated carbocycles. The zero-order valence-electron chi connectivity index (χ0n) is 10.3. The topological polar surface area (TPSA) is 59.3 Å². The van der Waals surface area contributed by atoms with Crippen molar-refractivity contribution in [1.82, 2.24) is 0 Å². The molecule has 96 valence electrons. The summed E-state index contributed by atoms with van der Waals surface area (Å²) < 4.78 is 28.6. The van der Waals surface area contributed by atoms with Crippen molar-refractivity contribution in [3.05, 3.63) is 47.9 Å². The van der Waals surface area contributed by atoms with Gasteiger partial charge in [0, 0.05) is 6.26 Å². The van der Waals surface area contributed by atoms with Crippen molar-refractivity contribution in [2.75, 3.05) is 11.6 Å². The molecule has 1 aromatic heterocycles. The smallest absolute Gasteiger partial charge is 0.177 e. The van der Waals surface area contributed by atoms with Crippen LogP contribution >= 0.6 is 0 Å². The lowest BCUT2D eigenvalue weighted by Gasteiger charge is -2.09. The molecule has 0 aliphatic rings. The van der Waals surface area contributed by atoms with Crippen molar-refractivity contribution in [3.63, 3.8) is 0 Å². The fraction of sp³-hybridized carbons (Fsp3) is 0.231. The fourth-order valence-electron chi connectivity index (χ4n) is 1.70. The van der Waals surface area contributed by atoms with E-state index in [1.54, 1.807) is 24.3 Å². The number of hydrogen-bond acceptors (Lipinski definition) is 4. The van der Waals surface area contributed by atoms with Gasteiger partial charge in [0.2, 0.25) is 0 Å². The first kappa shape index (κ1) is 12.7. The van der Waals surface area contributed by atoms with Gasteiger partial charge < -0.3 is 9.73 Å². The van der Waals surface area contributed by atoms with Gasteiger partial charge in [0.25, 0.3) is 0 Å². The summed E-state index contributed by atoms with van der Waals surface area (Å²) in [7, 11) is -3.23. The fourth-order valence-corrected chi connectivity index (χ4v) is 2.56. The lowest BCUT2D eigenvalue weighted by Crippen LogP contribution is -2.05. The molecular weight excluding hydrogens is 250 g/mol. The molecule has 0 amide bonds. The first-order valence-corrected chi connectivity index (χ1v) is 7.44. The van der Waals surface area contributed by atoms with Gasteiger partial charge in [-0.15, -0.1) is 0 Å². The van der Waals surface area contributed by atoms with Gasteiger partial charge in [-0.25, -0.2) is 8.42 Å². The molecule has 0 bridgehead atoms. The van der Waals surface area contributed by atoms with E-state index < -0.39 is 9.84 Å². The molecule has 4 nitrogen and oxygen atoms in total. The summed E-state index contributed by atoms with van der Waals surface area (Å²) in [4.78, 5) is 0.299. The van der Waals surface area contributed by atoms with E-state index in [2.05, 4.69) is 5.32 Å². The molecule has 1 N–H and O–H groups in total. The summed E-state index contributed by atoms with van der Waals surface area (Å²) in [6.45, 7) is 2.33. The summed E-state index contributed by atoms with van der Waals surface area (Å²) >= 11 is 0. The summed E-state index contributed by atoms with van der Waals surface area (Å²) in [5.41, 5.74) is 0.592. The standard InChI is InChI=1S/C13H15NO3S/c1-10-7-8-11(17-10)9-14-12-5-3-4-6-13(12)18(2,15)16/h3-8,14H,9H2,1-2H3. The summed E-state index contributed by atoms with van der Waals surface area (Å²) in [6.07, 6.45) is 1.20. The van der Waals surface area contributed by atoms with Gasteiger partial charge in [-0.1, -0.05) is 12.1 Å². The van der Waals surface area contributed by atoms with Crippen LogP contribution in [0.4, 0.5) is 5.69 Å². The van der Waals surface area contributed by atoms with Crippen molar-refractivity contribution in [3.8, 4) is 0 Å². The second-order valence-corrected chi connectivity index (χ2v) is 6.12. The Balaban J connectivity index is 2.20. The number of rotatable bonds is 4. The summed E-state index contributed by atoms with van der Waals surface area (Å²) in [6, 6.07) is 10.6. The minimum Gasteiger partial charge on any atom is -0.465 e. The molecule has 18 heavy (non-hydrogen) atoms. The third-order valence-corrected chi connectivity index (χ3v) is 3.69. The highest BCUT2D eigenvalue weighted by atomic mass is 32.2. The molecular formula is C13H15NO3S. The van der Waals surface area contributed by atoms with Gasteiger partial charge in [0.15, 0.2) is 9.84 Å². The van der Waals surface area contributed by atoms with E-state index in [4.69, 9.17) is 4.42 Å². The van der Waals surface area contributed by atoms with E-state index in [-0.39, 0.29) is 0 Å². The number of sulfone groups is 1. The summed E-state index contributed by atoms with van der Waals surface area (Å²) in [5, 5.41) is 3.08. The Hall–Kier alpha value is -1.75. The lowest BCUT2D eigenvalue weighted by atomic mass is 10.3. The predicted molar refractivity (Wildman–Crippen MR) is 70.3 cm³/mol. The Morgan fingerprint density at radius 3 is 2.50 bits per heavy atom. The van der Waals surface area contributed by atoms with Crippen molar-refractivity contribution >= 4 is 15.5 Å². The minimum absolute atomic E-state index is 0.299. The van der Waals surface area contributed by atoms with Crippen LogP contribution in [0.1, 0.15) is 11.5 Å². The van der Waals surface area contributed by atoms with Crippen molar-refractivity contribution < 1.29 is 12.8 Å². The third-order valence-electron chi connectivity index (χ3n) is 2.54. The van der Waals surface area contributed by atoms with E-state index >= 15 is 0 Å². The summed E-state index contributed by atoms with van der Waals surface area (Å²) in [5.74, 6) is 1.61. The Morgan fingerprint density at radius 2 is 1.89 bits per heavy atom. The molecule has 0 saturated heterocycles. The number of nitrogens with one attached hydrogen (secondary N) is 1.